The fraction of sp³-hybridized carbons (Fsp3) is 0.500. The highest BCUT2D eigenvalue weighted by Crippen LogP contribution is 2.05. The lowest BCUT2D eigenvalue weighted by molar-refractivity contribution is -0.115. The van der Waals surface area contributed by atoms with E-state index in [0.717, 1.165) is 0 Å². The minimum absolute atomic E-state index is 0.0243. The van der Waals surface area contributed by atoms with E-state index in [9.17, 15) is 9.59 Å². The molecule has 1 aromatic heterocycles. The molecule has 0 bridgehead atoms. The van der Waals surface area contributed by atoms with Crippen molar-refractivity contribution in [1.82, 2.24) is 15.8 Å². The van der Waals surface area contributed by atoms with Gasteiger partial charge in [-0.15, -0.1) is 0 Å². The van der Waals surface area contributed by atoms with Crippen LogP contribution in [0.2, 0.25) is 0 Å². The standard InChI is InChI=1S/C10H16N4O3/c1-6(2)12-10(16)11-5-9(15)13-8-4-7(3)17-14-8/h4,6H,5H2,1-3H3,(H2,11,12,16)(H,13,14,15). The fourth-order valence-electron chi connectivity index (χ4n) is 1.09. The van der Waals surface area contributed by atoms with E-state index in [0.29, 0.717) is 11.6 Å². The van der Waals surface area contributed by atoms with Gasteiger partial charge in [0.2, 0.25) is 5.91 Å². The van der Waals surface area contributed by atoms with Crippen LogP contribution in [0.5, 0.6) is 0 Å². The molecule has 3 N–H and O–H groups in total. The Hall–Kier alpha value is -2.05. The number of rotatable bonds is 4. The quantitative estimate of drug-likeness (QED) is 0.719. The molecule has 7 nitrogen and oxygen atoms in total. The van der Waals surface area contributed by atoms with Gasteiger partial charge in [-0.05, 0) is 20.8 Å². The summed E-state index contributed by atoms with van der Waals surface area (Å²) in [5.41, 5.74) is 0. The number of anilines is 1. The van der Waals surface area contributed by atoms with Gasteiger partial charge in [-0.1, -0.05) is 5.16 Å². The number of nitrogens with one attached hydrogen (secondary N) is 3. The number of urea groups is 1. The summed E-state index contributed by atoms with van der Waals surface area (Å²) < 4.78 is 4.78. The molecule has 17 heavy (non-hydrogen) atoms. The second-order valence-corrected chi connectivity index (χ2v) is 3.85. The first kappa shape index (κ1) is 13.0. The lowest BCUT2D eigenvalue weighted by atomic mass is 10.4. The summed E-state index contributed by atoms with van der Waals surface area (Å²) in [6.07, 6.45) is 0. The average molecular weight is 240 g/mol. The summed E-state index contributed by atoms with van der Waals surface area (Å²) >= 11 is 0. The Morgan fingerprint density at radius 3 is 2.71 bits per heavy atom. The Labute approximate surface area is 98.9 Å². The third-order valence-electron chi connectivity index (χ3n) is 1.72. The first-order valence-corrected chi connectivity index (χ1v) is 5.25. The van der Waals surface area contributed by atoms with Gasteiger partial charge in [-0.2, -0.15) is 0 Å². The van der Waals surface area contributed by atoms with Crippen LogP contribution in [0, 0.1) is 6.92 Å². The Kier molecular flexibility index (Phi) is 4.50. The molecule has 1 aromatic rings. The van der Waals surface area contributed by atoms with Crippen LogP contribution in [0.3, 0.4) is 0 Å². The van der Waals surface area contributed by atoms with Crippen LogP contribution in [-0.4, -0.2) is 29.7 Å². The molecule has 0 aromatic carbocycles. The fourth-order valence-corrected chi connectivity index (χ4v) is 1.09. The number of carbonyl (C=O) groups excluding carboxylic acids is 2. The van der Waals surface area contributed by atoms with Crippen LogP contribution in [0.15, 0.2) is 10.6 Å². The van der Waals surface area contributed by atoms with E-state index >= 15 is 0 Å². The molecule has 0 saturated carbocycles. The molecular formula is C10H16N4O3. The molecule has 0 aliphatic rings. The molecule has 0 unspecified atom stereocenters. The van der Waals surface area contributed by atoms with Gasteiger partial charge in [0.25, 0.3) is 0 Å². The highest BCUT2D eigenvalue weighted by molar-refractivity contribution is 5.93. The molecule has 0 spiro atoms. The van der Waals surface area contributed by atoms with Gasteiger partial charge in [0.15, 0.2) is 5.82 Å². The van der Waals surface area contributed by atoms with Crippen LogP contribution in [0.4, 0.5) is 10.6 Å². The van der Waals surface area contributed by atoms with Gasteiger partial charge in [0, 0.05) is 12.1 Å². The zero-order chi connectivity index (χ0) is 12.8. The number of carbonyl (C=O) groups is 2. The van der Waals surface area contributed by atoms with Crippen molar-refractivity contribution >= 4 is 17.8 Å². The number of aryl methyl sites for hydroxylation is 1. The first-order valence-electron chi connectivity index (χ1n) is 5.25. The minimum atomic E-state index is -0.383. The van der Waals surface area contributed by atoms with Gasteiger partial charge in [-0.3, -0.25) is 4.79 Å². The zero-order valence-electron chi connectivity index (χ0n) is 10.0. The summed E-state index contributed by atoms with van der Waals surface area (Å²) in [5, 5.41) is 11.1. The van der Waals surface area contributed by atoms with Crippen molar-refractivity contribution < 1.29 is 14.1 Å². The van der Waals surface area contributed by atoms with Crippen molar-refractivity contribution in [3.8, 4) is 0 Å². The maximum absolute atomic E-state index is 11.4. The molecule has 7 heteroatoms. The highest BCUT2D eigenvalue weighted by Gasteiger charge is 2.08. The lowest BCUT2D eigenvalue weighted by Gasteiger charge is -2.09. The Bertz CT molecular complexity index is 400. The van der Waals surface area contributed by atoms with Crippen LogP contribution >= 0.6 is 0 Å². The van der Waals surface area contributed by atoms with Crippen molar-refractivity contribution in [2.45, 2.75) is 26.8 Å². The number of aromatic nitrogens is 1. The smallest absolute Gasteiger partial charge is 0.315 e. The van der Waals surface area contributed by atoms with Gasteiger partial charge >= 0.3 is 6.03 Å². The SMILES string of the molecule is Cc1cc(NC(=O)CNC(=O)NC(C)C)no1. The molecule has 3 amide bonds. The van der Waals surface area contributed by atoms with E-state index in [1.165, 1.54) is 0 Å². The molecule has 0 saturated heterocycles. The van der Waals surface area contributed by atoms with Crippen molar-refractivity contribution in [2.24, 2.45) is 0 Å². The van der Waals surface area contributed by atoms with E-state index in [4.69, 9.17) is 4.52 Å². The third kappa shape index (κ3) is 5.01. The predicted octanol–water partition coefficient (Wildman–Crippen LogP) is 0.629. The summed E-state index contributed by atoms with van der Waals surface area (Å²) in [5.74, 6) is 0.571. The number of hydrogen-bond acceptors (Lipinski definition) is 4. The molecule has 0 aliphatic carbocycles. The first-order chi connectivity index (χ1) is 7.97. The summed E-state index contributed by atoms with van der Waals surface area (Å²) in [6, 6.07) is 1.23. The Morgan fingerprint density at radius 2 is 2.18 bits per heavy atom. The van der Waals surface area contributed by atoms with E-state index in [2.05, 4.69) is 21.1 Å². The van der Waals surface area contributed by atoms with Gasteiger partial charge in [-0.25, -0.2) is 4.79 Å². The van der Waals surface area contributed by atoms with Gasteiger partial charge in [0.05, 0.1) is 6.54 Å². The Morgan fingerprint density at radius 1 is 1.47 bits per heavy atom. The van der Waals surface area contributed by atoms with E-state index < -0.39 is 0 Å². The monoisotopic (exact) mass is 240 g/mol. The van der Waals surface area contributed by atoms with Crippen molar-refractivity contribution in [2.75, 3.05) is 11.9 Å². The van der Waals surface area contributed by atoms with Crippen LogP contribution in [0.25, 0.3) is 0 Å². The van der Waals surface area contributed by atoms with Crippen LogP contribution in [0.1, 0.15) is 19.6 Å². The second-order valence-electron chi connectivity index (χ2n) is 3.85. The molecule has 0 fully saturated rings. The number of amides is 3. The zero-order valence-corrected chi connectivity index (χ0v) is 10.0. The van der Waals surface area contributed by atoms with E-state index in [1.54, 1.807) is 13.0 Å². The summed E-state index contributed by atoms with van der Waals surface area (Å²) in [7, 11) is 0. The molecule has 1 heterocycles. The lowest BCUT2D eigenvalue weighted by Crippen LogP contribution is -2.42. The van der Waals surface area contributed by atoms with Gasteiger partial charge < -0.3 is 20.5 Å². The maximum Gasteiger partial charge on any atom is 0.315 e. The van der Waals surface area contributed by atoms with Crippen LogP contribution in [-0.2, 0) is 4.79 Å². The molecular weight excluding hydrogens is 224 g/mol. The van der Waals surface area contributed by atoms with E-state index in [1.807, 2.05) is 13.8 Å². The van der Waals surface area contributed by atoms with Gasteiger partial charge in [0.1, 0.15) is 5.76 Å². The molecule has 1 rings (SSSR count). The summed E-state index contributed by atoms with van der Waals surface area (Å²) in [6.45, 7) is 5.26. The molecule has 0 aliphatic heterocycles. The average Bonchev–Trinajstić information content (AvgIpc) is 2.60. The number of hydrogen-bond donors (Lipinski definition) is 3. The normalized spacial score (nSPS) is 10.1. The van der Waals surface area contributed by atoms with Crippen LogP contribution < -0.4 is 16.0 Å². The molecule has 0 atom stereocenters. The maximum atomic E-state index is 11.4. The van der Waals surface area contributed by atoms with Crippen molar-refractivity contribution in [3.05, 3.63) is 11.8 Å². The largest absolute Gasteiger partial charge is 0.360 e. The Balaban J connectivity index is 2.28. The summed E-state index contributed by atoms with van der Waals surface area (Å²) in [4.78, 5) is 22.6. The minimum Gasteiger partial charge on any atom is -0.360 e. The number of nitrogens with zero attached hydrogens (tertiary/aromatic N) is 1. The van der Waals surface area contributed by atoms with Crippen molar-refractivity contribution in [3.63, 3.8) is 0 Å². The highest BCUT2D eigenvalue weighted by atomic mass is 16.5. The molecule has 0 radical (unpaired) electrons. The second kappa shape index (κ2) is 5.88. The van der Waals surface area contributed by atoms with E-state index in [-0.39, 0.29) is 24.5 Å². The molecule has 94 valence electrons. The third-order valence-corrected chi connectivity index (χ3v) is 1.72. The topological polar surface area (TPSA) is 96.3 Å². The predicted molar refractivity (Wildman–Crippen MR) is 61.5 cm³/mol. The van der Waals surface area contributed by atoms with Crippen molar-refractivity contribution in [1.29, 1.82) is 0 Å².